The molecule has 2 aliphatic rings. The van der Waals surface area contributed by atoms with Crippen LogP contribution in [0.4, 0.5) is 0 Å². The highest BCUT2D eigenvalue weighted by Crippen LogP contribution is 2.52. The molecule has 0 bridgehead atoms. The average molecular weight is 178 g/mol. The van der Waals surface area contributed by atoms with Crippen molar-refractivity contribution in [1.29, 1.82) is 0 Å². The molecule has 4 nitrogen and oxygen atoms in total. The second-order valence-corrected chi connectivity index (χ2v) is 4.51. The van der Waals surface area contributed by atoms with E-state index in [1.165, 1.54) is 0 Å². The molecule has 11 heavy (non-hydrogen) atoms. The lowest BCUT2D eigenvalue weighted by Crippen LogP contribution is -2.26. The summed E-state index contributed by atoms with van der Waals surface area (Å²) in [4.78, 5) is 8.93. The average Bonchev–Trinajstić information content (AvgIpc) is 2.31. The Morgan fingerprint density at radius 1 is 1.45 bits per heavy atom. The van der Waals surface area contributed by atoms with Crippen LogP contribution in [0.15, 0.2) is 0 Å². The Labute approximate surface area is 65.1 Å². The molecule has 64 valence electrons. The molecule has 1 aliphatic heterocycles. The van der Waals surface area contributed by atoms with Crippen molar-refractivity contribution in [2.75, 3.05) is 6.61 Å². The fraction of sp³-hybridized carbons (Fsp3) is 1.00. The minimum atomic E-state index is -3.66. The van der Waals surface area contributed by atoms with Crippen molar-refractivity contribution in [3.63, 3.8) is 0 Å². The smallest absolute Gasteiger partial charge is 0.302 e. The van der Waals surface area contributed by atoms with Gasteiger partial charge in [0, 0.05) is 5.92 Å². The van der Waals surface area contributed by atoms with Crippen molar-refractivity contribution in [1.82, 2.24) is 0 Å². The van der Waals surface area contributed by atoms with Gasteiger partial charge in [-0.3, -0.25) is 9.05 Å². The second kappa shape index (κ2) is 2.56. The van der Waals surface area contributed by atoms with E-state index < -0.39 is 7.82 Å². The van der Waals surface area contributed by atoms with Crippen LogP contribution in [-0.2, 0) is 13.6 Å². The van der Waals surface area contributed by atoms with Gasteiger partial charge in [-0.05, 0) is 12.8 Å². The Morgan fingerprint density at radius 3 is 3.09 bits per heavy atom. The van der Waals surface area contributed by atoms with E-state index in [1.54, 1.807) is 0 Å². The van der Waals surface area contributed by atoms with Gasteiger partial charge in [0.15, 0.2) is 0 Å². The summed E-state index contributed by atoms with van der Waals surface area (Å²) in [7, 11) is -3.66. The quantitative estimate of drug-likeness (QED) is 0.568. The largest absolute Gasteiger partial charge is 0.472 e. The van der Waals surface area contributed by atoms with E-state index >= 15 is 0 Å². The lowest BCUT2D eigenvalue weighted by atomic mass is 10.1. The third-order valence-corrected chi connectivity index (χ3v) is 3.32. The molecule has 0 aromatic heterocycles. The molecule has 1 saturated carbocycles. The van der Waals surface area contributed by atoms with Gasteiger partial charge in [-0.25, -0.2) is 4.57 Å². The van der Waals surface area contributed by atoms with Crippen LogP contribution >= 0.6 is 7.82 Å². The summed E-state index contributed by atoms with van der Waals surface area (Å²) in [5.74, 6) is 0.351. The van der Waals surface area contributed by atoms with E-state index in [9.17, 15) is 4.57 Å². The summed E-state index contributed by atoms with van der Waals surface area (Å²) in [6.07, 6.45) is 3.02. The van der Waals surface area contributed by atoms with Crippen molar-refractivity contribution < 1.29 is 18.5 Å². The first kappa shape index (κ1) is 7.74. The third-order valence-electron chi connectivity index (χ3n) is 2.31. The maximum Gasteiger partial charge on any atom is 0.472 e. The van der Waals surface area contributed by atoms with Crippen LogP contribution in [0.5, 0.6) is 0 Å². The molecule has 0 radical (unpaired) electrons. The summed E-state index contributed by atoms with van der Waals surface area (Å²) in [5, 5.41) is 0. The maximum atomic E-state index is 10.9. The van der Waals surface area contributed by atoms with Crippen molar-refractivity contribution in [3.05, 3.63) is 0 Å². The first-order valence-corrected chi connectivity index (χ1v) is 5.33. The molecule has 1 N–H and O–H groups in total. The predicted molar refractivity (Wildman–Crippen MR) is 38.0 cm³/mol. The monoisotopic (exact) mass is 178 g/mol. The van der Waals surface area contributed by atoms with Crippen molar-refractivity contribution in [2.24, 2.45) is 5.92 Å². The zero-order valence-electron chi connectivity index (χ0n) is 6.10. The molecule has 0 aromatic rings. The zero-order valence-corrected chi connectivity index (χ0v) is 7.00. The van der Waals surface area contributed by atoms with E-state index in [-0.39, 0.29) is 6.10 Å². The molecule has 5 heteroatoms. The highest BCUT2D eigenvalue weighted by atomic mass is 31.2. The highest BCUT2D eigenvalue weighted by molar-refractivity contribution is 7.47. The normalized spacial score (nSPS) is 50.6. The number of phosphoric ester groups is 1. The molecule has 1 aliphatic carbocycles. The van der Waals surface area contributed by atoms with Crippen LogP contribution < -0.4 is 0 Å². The number of fused-ring (bicyclic) bond motifs is 1. The van der Waals surface area contributed by atoms with Crippen LogP contribution in [0.2, 0.25) is 0 Å². The Hall–Kier alpha value is 0.110. The predicted octanol–water partition coefficient (Wildman–Crippen LogP) is 1.30. The molecule has 0 spiro atoms. The van der Waals surface area contributed by atoms with Crippen molar-refractivity contribution in [3.8, 4) is 0 Å². The summed E-state index contributed by atoms with van der Waals surface area (Å²) in [6.45, 7) is 0.387. The van der Waals surface area contributed by atoms with Gasteiger partial charge in [0.25, 0.3) is 0 Å². The molecule has 0 amide bonds. The summed E-state index contributed by atoms with van der Waals surface area (Å²) in [6, 6.07) is 0. The van der Waals surface area contributed by atoms with E-state index in [2.05, 4.69) is 4.52 Å². The molecule has 1 unspecified atom stereocenters. The first-order valence-electron chi connectivity index (χ1n) is 3.83. The van der Waals surface area contributed by atoms with Gasteiger partial charge in [0.1, 0.15) is 0 Å². The minimum absolute atomic E-state index is 0.0282. The fourth-order valence-corrected chi connectivity index (χ4v) is 2.78. The van der Waals surface area contributed by atoms with Crippen molar-refractivity contribution >= 4 is 7.82 Å². The molecular formula is C6H11O4P. The number of hydrogen-bond acceptors (Lipinski definition) is 3. The van der Waals surface area contributed by atoms with Gasteiger partial charge in [-0.2, -0.15) is 0 Å². The SMILES string of the molecule is O=P1(O)OC[C@@H]2CCC[C@H]2O1. The molecule has 1 saturated heterocycles. The number of phosphoric acid groups is 1. The Balaban J connectivity index is 2.08. The molecular weight excluding hydrogens is 167 g/mol. The first-order chi connectivity index (χ1) is 5.17. The van der Waals surface area contributed by atoms with Gasteiger partial charge >= 0.3 is 7.82 Å². The molecule has 0 aromatic carbocycles. The van der Waals surface area contributed by atoms with Crippen LogP contribution in [0.3, 0.4) is 0 Å². The highest BCUT2D eigenvalue weighted by Gasteiger charge is 2.40. The van der Waals surface area contributed by atoms with Gasteiger partial charge in [0.05, 0.1) is 12.7 Å². The summed E-state index contributed by atoms with van der Waals surface area (Å²) < 4.78 is 20.4. The molecule has 1 heterocycles. The lowest BCUT2D eigenvalue weighted by Gasteiger charge is -2.28. The Morgan fingerprint density at radius 2 is 2.27 bits per heavy atom. The minimum Gasteiger partial charge on any atom is -0.302 e. The van der Waals surface area contributed by atoms with Gasteiger partial charge in [0.2, 0.25) is 0 Å². The van der Waals surface area contributed by atoms with Crippen LogP contribution in [0.1, 0.15) is 19.3 Å². The maximum absolute atomic E-state index is 10.9. The van der Waals surface area contributed by atoms with Gasteiger partial charge < -0.3 is 4.89 Å². The fourth-order valence-electron chi connectivity index (χ4n) is 1.72. The third kappa shape index (κ3) is 1.49. The van der Waals surface area contributed by atoms with E-state index in [4.69, 9.17) is 9.42 Å². The topological polar surface area (TPSA) is 55.8 Å². The summed E-state index contributed by atoms with van der Waals surface area (Å²) in [5.41, 5.74) is 0. The Kier molecular flexibility index (Phi) is 1.80. The van der Waals surface area contributed by atoms with Crippen molar-refractivity contribution in [2.45, 2.75) is 25.4 Å². The van der Waals surface area contributed by atoms with E-state index in [0.29, 0.717) is 12.5 Å². The number of rotatable bonds is 0. The van der Waals surface area contributed by atoms with Crippen LogP contribution in [-0.4, -0.2) is 17.6 Å². The van der Waals surface area contributed by atoms with E-state index in [1.807, 2.05) is 0 Å². The van der Waals surface area contributed by atoms with E-state index in [0.717, 1.165) is 19.3 Å². The molecule has 2 rings (SSSR count). The standard InChI is InChI=1S/C6H11O4P/c7-11(8)9-4-5-2-1-3-6(5)10-11/h5-6H,1-4H2,(H,7,8)/t5-,6+/m0/s1. The lowest BCUT2D eigenvalue weighted by molar-refractivity contribution is 0.0164. The van der Waals surface area contributed by atoms with Gasteiger partial charge in [-0.15, -0.1) is 0 Å². The van der Waals surface area contributed by atoms with Crippen LogP contribution in [0.25, 0.3) is 0 Å². The summed E-state index contributed by atoms with van der Waals surface area (Å²) >= 11 is 0. The zero-order chi connectivity index (χ0) is 7.90. The number of hydrogen-bond donors (Lipinski definition) is 1. The van der Waals surface area contributed by atoms with Crippen LogP contribution in [0, 0.1) is 5.92 Å². The molecule has 2 fully saturated rings. The molecule has 3 atom stereocenters. The van der Waals surface area contributed by atoms with Gasteiger partial charge in [-0.1, -0.05) is 6.42 Å². The second-order valence-electron chi connectivity index (χ2n) is 3.10. The Bertz CT molecular complexity index is 205.